The predicted octanol–water partition coefficient (Wildman–Crippen LogP) is 3.78. The van der Waals surface area contributed by atoms with Crippen LogP contribution in [0.4, 0.5) is 0 Å². The standard InChI is InChI=1S/C16H22O2/c1-2-3-6-13-8-10-14(11-9-13)16(17)15-7-4-5-12-18-15/h8-11,15H,2-7,12H2,1H3. The number of hydrogen-bond donors (Lipinski definition) is 0. The zero-order chi connectivity index (χ0) is 12.8. The molecule has 0 amide bonds. The van der Waals surface area contributed by atoms with Crippen LogP contribution in [0, 0.1) is 0 Å². The van der Waals surface area contributed by atoms with E-state index in [1.165, 1.54) is 18.4 Å². The second-order valence-electron chi connectivity index (χ2n) is 5.02. The van der Waals surface area contributed by atoms with Crippen molar-refractivity contribution in [2.45, 2.75) is 51.6 Å². The number of ketones is 1. The van der Waals surface area contributed by atoms with Crippen LogP contribution < -0.4 is 0 Å². The Balaban J connectivity index is 1.97. The molecule has 0 aliphatic carbocycles. The number of unbranched alkanes of at least 4 members (excludes halogenated alkanes) is 1. The minimum absolute atomic E-state index is 0.150. The Kier molecular flexibility index (Phi) is 4.94. The Morgan fingerprint density at radius 2 is 2.06 bits per heavy atom. The van der Waals surface area contributed by atoms with Crippen molar-refractivity contribution in [3.8, 4) is 0 Å². The summed E-state index contributed by atoms with van der Waals surface area (Å²) in [4.78, 5) is 12.2. The lowest BCUT2D eigenvalue weighted by molar-refractivity contribution is 0.0186. The molecule has 0 radical (unpaired) electrons. The molecule has 2 heteroatoms. The second-order valence-corrected chi connectivity index (χ2v) is 5.02. The molecule has 1 atom stereocenters. The largest absolute Gasteiger partial charge is 0.370 e. The van der Waals surface area contributed by atoms with Crippen LogP contribution in [-0.2, 0) is 11.2 Å². The van der Waals surface area contributed by atoms with Crippen molar-refractivity contribution in [3.05, 3.63) is 35.4 Å². The van der Waals surface area contributed by atoms with Gasteiger partial charge in [0.2, 0.25) is 0 Å². The van der Waals surface area contributed by atoms with E-state index in [0.717, 1.165) is 37.9 Å². The van der Waals surface area contributed by atoms with Gasteiger partial charge in [-0.1, -0.05) is 37.6 Å². The summed E-state index contributed by atoms with van der Waals surface area (Å²) < 4.78 is 5.54. The SMILES string of the molecule is CCCCc1ccc(C(=O)C2CCCCO2)cc1. The number of Topliss-reactive ketones (excluding diaryl/α,β-unsaturated/α-hetero) is 1. The molecule has 2 rings (SSSR count). The summed E-state index contributed by atoms with van der Waals surface area (Å²) in [6, 6.07) is 8.05. The van der Waals surface area contributed by atoms with E-state index < -0.39 is 0 Å². The zero-order valence-corrected chi connectivity index (χ0v) is 11.2. The molecule has 1 unspecified atom stereocenters. The number of ether oxygens (including phenoxy) is 1. The molecule has 0 saturated carbocycles. The maximum atomic E-state index is 12.2. The first-order valence-electron chi connectivity index (χ1n) is 7.06. The van der Waals surface area contributed by atoms with E-state index in [4.69, 9.17) is 4.74 Å². The predicted molar refractivity (Wildman–Crippen MR) is 73.0 cm³/mol. The smallest absolute Gasteiger partial charge is 0.191 e. The molecule has 1 heterocycles. The minimum atomic E-state index is -0.208. The first-order chi connectivity index (χ1) is 8.81. The van der Waals surface area contributed by atoms with Crippen molar-refractivity contribution in [1.82, 2.24) is 0 Å². The van der Waals surface area contributed by atoms with Crippen molar-refractivity contribution >= 4 is 5.78 Å². The van der Waals surface area contributed by atoms with Gasteiger partial charge in [-0.05, 0) is 37.7 Å². The van der Waals surface area contributed by atoms with Gasteiger partial charge in [0.05, 0.1) is 0 Å². The van der Waals surface area contributed by atoms with Gasteiger partial charge in [0.15, 0.2) is 5.78 Å². The van der Waals surface area contributed by atoms with Crippen LogP contribution in [0.2, 0.25) is 0 Å². The number of rotatable bonds is 5. The van der Waals surface area contributed by atoms with E-state index in [1.54, 1.807) is 0 Å². The molecule has 1 aliphatic heterocycles. The van der Waals surface area contributed by atoms with E-state index >= 15 is 0 Å². The van der Waals surface area contributed by atoms with E-state index in [-0.39, 0.29) is 11.9 Å². The van der Waals surface area contributed by atoms with Gasteiger partial charge in [-0.3, -0.25) is 4.79 Å². The monoisotopic (exact) mass is 246 g/mol. The Hall–Kier alpha value is -1.15. The van der Waals surface area contributed by atoms with Gasteiger partial charge >= 0.3 is 0 Å². The highest BCUT2D eigenvalue weighted by molar-refractivity contribution is 5.99. The van der Waals surface area contributed by atoms with Gasteiger partial charge < -0.3 is 4.74 Å². The summed E-state index contributed by atoms with van der Waals surface area (Å²) in [5.74, 6) is 0.150. The number of carbonyl (C=O) groups is 1. The highest BCUT2D eigenvalue weighted by Gasteiger charge is 2.22. The molecule has 0 N–H and O–H groups in total. The van der Waals surface area contributed by atoms with Crippen molar-refractivity contribution in [3.63, 3.8) is 0 Å². The van der Waals surface area contributed by atoms with Crippen LogP contribution in [0.1, 0.15) is 54.9 Å². The van der Waals surface area contributed by atoms with Crippen LogP contribution in [0.15, 0.2) is 24.3 Å². The summed E-state index contributed by atoms with van der Waals surface area (Å²) in [6.45, 7) is 2.92. The second kappa shape index (κ2) is 6.69. The fraction of sp³-hybridized carbons (Fsp3) is 0.562. The van der Waals surface area contributed by atoms with Crippen molar-refractivity contribution in [2.24, 2.45) is 0 Å². The highest BCUT2D eigenvalue weighted by atomic mass is 16.5. The number of hydrogen-bond acceptors (Lipinski definition) is 2. The van der Waals surface area contributed by atoms with E-state index in [9.17, 15) is 4.79 Å². The van der Waals surface area contributed by atoms with Crippen LogP contribution in [0.25, 0.3) is 0 Å². The molecular formula is C16H22O2. The molecule has 0 spiro atoms. The van der Waals surface area contributed by atoms with Gasteiger partial charge in [0.25, 0.3) is 0 Å². The quantitative estimate of drug-likeness (QED) is 0.739. The van der Waals surface area contributed by atoms with Gasteiger partial charge in [0, 0.05) is 12.2 Å². The summed E-state index contributed by atoms with van der Waals surface area (Å²) in [5, 5.41) is 0. The fourth-order valence-electron chi connectivity index (χ4n) is 2.35. The van der Waals surface area contributed by atoms with Gasteiger partial charge in [0.1, 0.15) is 6.10 Å². The van der Waals surface area contributed by atoms with Crippen molar-refractivity contribution in [1.29, 1.82) is 0 Å². The minimum Gasteiger partial charge on any atom is -0.370 e. The molecule has 98 valence electrons. The van der Waals surface area contributed by atoms with Crippen molar-refractivity contribution < 1.29 is 9.53 Å². The normalized spacial score (nSPS) is 19.7. The summed E-state index contributed by atoms with van der Waals surface area (Å²) in [7, 11) is 0. The lowest BCUT2D eigenvalue weighted by Crippen LogP contribution is -2.28. The molecule has 1 aliphatic rings. The third kappa shape index (κ3) is 3.42. The maximum absolute atomic E-state index is 12.2. The molecule has 0 aromatic heterocycles. The summed E-state index contributed by atoms with van der Waals surface area (Å²) >= 11 is 0. The highest BCUT2D eigenvalue weighted by Crippen LogP contribution is 2.18. The van der Waals surface area contributed by atoms with Crippen LogP contribution >= 0.6 is 0 Å². The molecule has 0 bridgehead atoms. The first-order valence-corrected chi connectivity index (χ1v) is 7.06. The van der Waals surface area contributed by atoms with Gasteiger partial charge in [-0.25, -0.2) is 0 Å². The lowest BCUT2D eigenvalue weighted by Gasteiger charge is -2.21. The van der Waals surface area contributed by atoms with Crippen LogP contribution in [0.5, 0.6) is 0 Å². The fourth-order valence-corrected chi connectivity index (χ4v) is 2.35. The average Bonchev–Trinajstić information content (AvgIpc) is 2.46. The molecule has 1 fully saturated rings. The Morgan fingerprint density at radius 1 is 1.28 bits per heavy atom. The summed E-state index contributed by atoms with van der Waals surface area (Å²) in [6.07, 6.45) is 6.36. The Morgan fingerprint density at radius 3 is 2.67 bits per heavy atom. The third-order valence-electron chi connectivity index (χ3n) is 3.53. The Labute approximate surface area is 109 Å². The van der Waals surface area contributed by atoms with E-state index in [0.29, 0.717) is 0 Å². The molecule has 1 saturated heterocycles. The van der Waals surface area contributed by atoms with Gasteiger partial charge in [-0.2, -0.15) is 0 Å². The average molecular weight is 246 g/mol. The summed E-state index contributed by atoms with van der Waals surface area (Å²) in [5.41, 5.74) is 2.11. The third-order valence-corrected chi connectivity index (χ3v) is 3.53. The maximum Gasteiger partial charge on any atom is 0.191 e. The molecular weight excluding hydrogens is 224 g/mol. The zero-order valence-electron chi connectivity index (χ0n) is 11.2. The van der Waals surface area contributed by atoms with E-state index in [1.807, 2.05) is 12.1 Å². The molecule has 18 heavy (non-hydrogen) atoms. The lowest BCUT2D eigenvalue weighted by atomic mass is 9.98. The molecule has 1 aromatic rings. The molecule has 1 aromatic carbocycles. The number of aryl methyl sites for hydroxylation is 1. The van der Waals surface area contributed by atoms with Crippen molar-refractivity contribution in [2.75, 3.05) is 6.61 Å². The number of benzene rings is 1. The first kappa shape index (κ1) is 13.3. The molecule has 2 nitrogen and oxygen atoms in total. The van der Waals surface area contributed by atoms with Crippen LogP contribution in [-0.4, -0.2) is 18.5 Å². The van der Waals surface area contributed by atoms with E-state index in [2.05, 4.69) is 19.1 Å². The van der Waals surface area contributed by atoms with Crippen LogP contribution in [0.3, 0.4) is 0 Å². The number of carbonyl (C=O) groups excluding carboxylic acids is 1. The topological polar surface area (TPSA) is 26.3 Å². The Bertz CT molecular complexity index is 375. The van der Waals surface area contributed by atoms with Gasteiger partial charge in [-0.15, -0.1) is 0 Å².